The molecule has 0 aliphatic carbocycles. The van der Waals surface area contributed by atoms with E-state index in [2.05, 4.69) is 39.4 Å². The van der Waals surface area contributed by atoms with Crippen molar-refractivity contribution in [3.63, 3.8) is 0 Å². The van der Waals surface area contributed by atoms with E-state index < -0.39 is 0 Å². The van der Waals surface area contributed by atoms with Crippen molar-refractivity contribution in [1.29, 1.82) is 0 Å². The lowest BCUT2D eigenvalue weighted by Crippen LogP contribution is -2.05. The molecule has 0 saturated carbocycles. The normalized spacial score (nSPS) is 10.3. The maximum Gasteiger partial charge on any atom is 0.120 e. The van der Waals surface area contributed by atoms with Crippen molar-refractivity contribution >= 4 is 15.9 Å². The van der Waals surface area contributed by atoms with Crippen molar-refractivity contribution in [1.82, 2.24) is 5.32 Å². The van der Waals surface area contributed by atoms with Gasteiger partial charge >= 0.3 is 0 Å². The number of nitrogens with one attached hydrogen (secondary N) is 1. The molecule has 0 heterocycles. The Bertz CT molecular complexity index is 499. The Labute approximate surface area is 116 Å². The van der Waals surface area contributed by atoms with E-state index in [1.54, 1.807) is 0 Å². The van der Waals surface area contributed by atoms with Gasteiger partial charge in [-0.2, -0.15) is 0 Å². The van der Waals surface area contributed by atoms with E-state index in [1.165, 1.54) is 11.1 Å². The molecule has 0 radical (unpaired) electrons. The highest BCUT2D eigenvalue weighted by atomic mass is 79.9. The van der Waals surface area contributed by atoms with Crippen molar-refractivity contribution < 1.29 is 4.74 Å². The van der Waals surface area contributed by atoms with Crippen molar-refractivity contribution in [2.45, 2.75) is 13.2 Å². The molecule has 0 aliphatic heterocycles. The summed E-state index contributed by atoms with van der Waals surface area (Å²) < 4.78 is 6.83. The average molecular weight is 306 g/mol. The van der Waals surface area contributed by atoms with Crippen LogP contribution in [-0.4, -0.2) is 7.05 Å². The Hall–Kier alpha value is -1.32. The van der Waals surface area contributed by atoms with E-state index in [0.717, 1.165) is 16.8 Å². The highest BCUT2D eigenvalue weighted by molar-refractivity contribution is 9.10. The molecule has 0 fully saturated rings. The molecule has 94 valence electrons. The molecular formula is C15H16BrNO. The van der Waals surface area contributed by atoms with Crippen molar-refractivity contribution in [3.05, 3.63) is 64.1 Å². The minimum absolute atomic E-state index is 0.596. The minimum atomic E-state index is 0.596. The standard InChI is InChI=1S/C15H16BrNO/c1-17-10-13-7-8-14(9-15(13)16)18-11-12-5-3-2-4-6-12/h2-9,17H,10-11H2,1H3. The van der Waals surface area contributed by atoms with Gasteiger partial charge in [0.15, 0.2) is 0 Å². The lowest BCUT2D eigenvalue weighted by molar-refractivity contribution is 0.306. The van der Waals surface area contributed by atoms with Gasteiger partial charge in [-0.25, -0.2) is 0 Å². The van der Waals surface area contributed by atoms with Gasteiger partial charge in [0.05, 0.1) is 0 Å². The van der Waals surface area contributed by atoms with Crippen LogP contribution in [0.2, 0.25) is 0 Å². The van der Waals surface area contributed by atoms with Crippen LogP contribution >= 0.6 is 15.9 Å². The van der Waals surface area contributed by atoms with Gasteiger partial charge in [-0.05, 0) is 30.3 Å². The zero-order valence-corrected chi connectivity index (χ0v) is 11.9. The van der Waals surface area contributed by atoms with Crippen LogP contribution < -0.4 is 10.1 Å². The van der Waals surface area contributed by atoms with E-state index in [9.17, 15) is 0 Å². The van der Waals surface area contributed by atoms with Gasteiger partial charge in [-0.15, -0.1) is 0 Å². The summed E-state index contributed by atoms with van der Waals surface area (Å²) in [5, 5.41) is 3.13. The monoisotopic (exact) mass is 305 g/mol. The molecule has 2 aromatic rings. The summed E-state index contributed by atoms with van der Waals surface area (Å²) in [4.78, 5) is 0. The molecule has 1 N–H and O–H groups in total. The predicted octanol–water partition coefficient (Wildman–Crippen LogP) is 3.75. The fourth-order valence-electron chi connectivity index (χ4n) is 1.69. The van der Waals surface area contributed by atoms with Gasteiger partial charge in [0.25, 0.3) is 0 Å². The van der Waals surface area contributed by atoms with E-state index in [1.807, 2.05) is 37.4 Å². The maximum atomic E-state index is 5.76. The van der Waals surface area contributed by atoms with Gasteiger partial charge in [0.1, 0.15) is 12.4 Å². The van der Waals surface area contributed by atoms with Crippen LogP contribution in [0.4, 0.5) is 0 Å². The fourth-order valence-corrected chi connectivity index (χ4v) is 2.19. The van der Waals surface area contributed by atoms with Crippen LogP contribution in [0.25, 0.3) is 0 Å². The van der Waals surface area contributed by atoms with Crippen molar-refractivity contribution in [2.75, 3.05) is 7.05 Å². The lowest BCUT2D eigenvalue weighted by Gasteiger charge is -2.09. The summed E-state index contributed by atoms with van der Waals surface area (Å²) in [5.74, 6) is 0.880. The molecular weight excluding hydrogens is 290 g/mol. The van der Waals surface area contributed by atoms with Gasteiger partial charge in [-0.3, -0.25) is 0 Å². The number of hydrogen-bond acceptors (Lipinski definition) is 2. The minimum Gasteiger partial charge on any atom is -0.489 e. The highest BCUT2D eigenvalue weighted by Gasteiger charge is 2.02. The first-order valence-corrected chi connectivity index (χ1v) is 6.68. The Balaban J connectivity index is 2.00. The molecule has 0 atom stereocenters. The molecule has 0 spiro atoms. The molecule has 0 bridgehead atoms. The number of hydrogen-bond donors (Lipinski definition) is 1. The summed E-state index contributed by atoms with van der Waals surface area (Å²) in [6.07, 6.45) is 0. The zero-order chi connectivity index (χ0) is 12.8. The second-order valence-electron chi connectivity index (χ2n) is 4.06. The summed E-state index contributed by atoms with van der Waals surface area (Å²) in [7, 11) is 1.94. The van der Waals surface area contributed by atoms with Crippen LogP contribution in [0.3, 0.4) is 0 Å². The molecule has 2 nitrogen and oxygen atoms in total. The largest absolute Gasteiger partial charge is 0.489 e. The zero-order valence-electron chi connectivity index (χ0n) is 10.3. The van der Waals surface area contributed by atoms with Crippen LogP contribution in [0, 0.1) is 0 Å². The van der Waals surface area contributed by atoms with Gasteiger partial charge in [0.2, 0.25) is 0 Å². The highest BCUT2D eigenvalue weighted by Crippen LogP contribution is 2.23. The van der Waals surface area contributed by atoms with E-state index in [0.29, 0.717) is 6.61 Å². The SMILES string of the molecule is CNCc1ccc(OCc2ccccc2)cc1Br. The summed E-state index contributed by atoms with van der Waals surface area (Å²) in [6, 6.07) is 16.2. The summed E-state index contributed by atoms with van der Waals surface area (Å²) in [5.41, 5.74) is 2.40. The molecule has 2 rings (SSSR count). The molecule has 0 saturated heterocycles. The number of benzene rings is 2. The van der Waals surface area contributed by atoms with Crippen LogP contribution in [-0.2, 0) is 13.2 Å². The van der Waals surface area contributed by atoms with Crippen molar-refractivity contribution in [3.8, 4) is 5.75 Å². The number of halogens is 1. The Morgan fingerprint density at radius 3 is 2.56 bits per heavy atom. The molecule has 0 aromatic heterocycles. The van der Waals surface area contributed by atoms with Gasteiger partial charge in [-0.1, -0.05) is 52.3 Å². The third kappa shape index (κ3) is 3.59. The maximum absolute atomic E-state index is 5.76. The third-order valence-electron chi connectivity index (χ3n) is 2.64. The Morgan fingerprint density at radius 2 is 1.89 bits per heavy atom. The smallest absolute Gasteiger partial charge is 0.120 e. The number of ether oxygens (including phenoxy) is 1. The molecule has 0 amide bonds. The van der Waals surface area contributed by atoms with Crippen LogP contribution in [0.5, 0.6) is 5.75 Å². The summed E-state index contributed by atoms with van der Waals surface area (Å²) >= 11 is 3.55. The first kappa shape index (κ1) is 13.1. The van der Waals surface area contributed by atoms with E-state index >= 15 is 0 Å². The fraction of sp³-hybridized carbons (Fsp3) is 0.200. The first-order chi connectivity index (χ1) is 8.79. The molecule has 3 heteroatoms. The quantitative estimate of drug-likeness (QED) is 0.908. The third-order valence-corrected chi connectivity index (χ3v) is 3.38. The summed E-state index contributed by atoms with van der Waals surface area (Å²) in [6.45, 7) is 1.44. The number of rotatable bonds is 5. The van der Waals surface area contributed by atoms with Gasteiger partial charge < -0.3 is 10.1 Å². The predicted molar refractivity (Wildman–Crippen MR) is 77.7 cm³/mol. The topological polar surface area (TPSA) is 21.3 Å². The molecule has 0 aliphatic rings. The van der Waals surface area contributed by atoms with Crippen LogP contribution in [0.1, 0.15) is 11.1 Å². The van der Waals surface area contributed by atoms with E-state index in [-0.39, 0.29) is 0 Å². The van der Waals surface area contributed by atoms with E-state index in [4.69, 9.17) is 4.74 Å². The average Bonchev–Trinajstić information content (AvgIpc) is 2.41. The second-order valence-corrected chi connectivity index (χ2v) is 4.91. The Kier molecular flexibility index (Phi) is 4.79. The molecule has 18 heavy (non-hydrogen) atoms. The second kappa shape index (κ2) is 6.57. The molecule has 2 aromatic carbocycles. The van der Waals surface area contributed by atoms with Crippen LogP contribution in [0.15, 0.2) is 53.0 Å². The van der Waals surface area contributed by atoms with Gasteiger partial charge in [0, 0.05) is 11.0 Å². The van der Waals surface area contributed by atoms with Crippen molar-refractivity contribution in [2.24, 2.45) is 0 Å². The first-order valence-electron chi connectivity index (χ1n) is 5.89. The lowest BCUT2D eigenvalue weighted by atomic mass is 10.2. The molecule has 0 unspecified atom stereocenters. The Morgan fingerprint density at radius 1 is 1.11 bits per heavy atom.